The first-order valence-corrected chi connectivity index (χ1v) is 8.98. The molecule has 0 saturated heterocycles. The lowest BCUT2D eigenvalue weighted by atomic mass is 9.95. The Morgan fingerprint density at radius 2 is 1.81 bits per heavy atom. The van der Waals surface area contributed by atoms with Gasteiger partial charge in [0.2, 0.25) is 0 Å². The summed E-state index contributed by atoms with van der Waals surface area (Å²) in [5.74, 6) is 0.251. The van der Waals surface area contributed by atoms with Gasteiger partial charge in [0.25, 0.3) is 5.56 Å². The second-order valence-corrected chi connectivity index (χ2v) is 6.92. The van der Waals surface area contributed by atoms with E-state index in [2.05, 4.69) is 6.07 Å². The monoisotopic (exact) mass is 357 g/mol. The Kier molecular flexibility index (Phi) is 4.25. The molecule has 0 radical (unpaired) electrons. The largest absolute Gasteiger partial charge is 0.331 e. The Hall–Kier alpha value is -3.39. The van der Waals surface area contributed by atoms with E-state index in [9.17, 15) is 14.9 Å². The first kappa shape index (κ1) is 17.0. The molecule has 5 nitrogen and oxygen atoms in total. The van der Waals surface area contributed by atoms with Gasteiger partial charge in [-0.15, -0.1) is 0 Å². The average Bonchev–Trinajstić information content (AvgIpc) is 3.54. The number of hydrogen-bond acceptors (Lipinski definition) is 3. The smallest absolute Gasteiger partial charge is 0.293 e. The van der Waals surface area contributed by atoms with Crippen LogP contribution >= 0.6 is 0 Å². The molecule has 4 rings (SSSR count). The van der Waals surface area contributed by atoms with Crippen molar-refractivity contribution in [3.63, 3.8) is 0 Å². The Morgan fingerprint density at radius 3 is 2.48 bits per heavy atom. The van der Waals surface area contributed by atoms with Gasteiger partial charge in [-0.2, -0.15) is 5.26 Å². The Bertz CT molecular complexity index is 1160. The molecule has 0 aliphatic heterocycles. The van der Waals surface area contributed by atoms with Crippen LogP contribution in [0, 0.1) is 11.3 Å². The van der Waals surface area contributed by atoms with Crippen LogP contribution in [-0.4, -0.2) is 9.13 Å². The summed E-state index contributed by atoms with van der Waals surface area (Å²) in [6.45, 7) is 0.271. The molecule has 0 bridgehead atoms. The van der Waals surface area contributed by atoms with Crippen LogP contribution in [0.15, 0.2) is 64.2 Å². The molecule has 1 saturated carbocycles. The molecule has 1 aliphatic rings. The van der Waals surface area contributed by atoms with Crippen molar-refractivity contribution >= 4 is 0 Å². The van der Waals surface area contributed by atoms with Crippen molar-refractivity contribution in [2.24, 2.45) is 7.05 Å². The van der Waals surface area contributed by atoms with Gasteiger partial charge in [-0.3, -0.25) is 13.9 Å². The van der Waals surface area contributed by atoms with E-state index in [1.807, 2.05) is 42.5 Å². The van der Waals surface area contributed by atoms with Crippen molar-refractivity contribution in [1.29, 1.82) is 5.26 Å². The van der Waals surface area contributed by atoms with E-state index >= 15 is 0 Å². The standard InChI is InChI=1S/C22H19N3O2/c1-24-21(26)12-20(16-10-11-16)25(22(24)27)14-19-17(13-23)8-5-9-18(19)15-6-3-2-4-7-15/h2-9,12,16H,10-11,14H2,1H3. The fourth-order valence-corrected chi connectivity index (χ4v) is 3.47. The summed E-state index contributed by atoms with van der Waals surface area (Å²) < 4.78 is 2.78. The van der Waals surface area contributed by atoms with Crippen LogP contribution < -0.4 is 11.2 Å². The fourth-order valence-electron chi connectivity index (χ4n) is 3.47. The molecule has 1 heterocycles. The van der Waals surface area contributed by atoms with Gasteiger partial charge in [0.1, 0.15) is 0 Å². The van der Waals surface area contributed by atoms with Crippen molar-refractivity contribution in [3.8, 4) is 17.2 Å². The third-order valence-electron chi connectivity index (χ3n) is 5.12. The Labute approximate surface area is 156 Å². The number of benzene rings is 2. The highest BCUT2D eigenvalue weighted by Gasteiger charge is 2.28. The lowest BCUT2D eigenvalue weighted by Gasteiger charge is -2.17. The topological polar surface area (TPSA) is 67.8 Å². The summed E-state index contributed by atoms with van der Waals surface area (Å²) in [4.78, 5) is 24.9. The number of rotatable bonds is 4. The average molecular weight is 357 g/mol. The molecule has 1 aromatic heterocycles. The Balaban J connectivity index is 1.92. The summed E-state index contributed by atoms with van der Waals surface area (Å²) >= 11 is 0. The maximum Gasteiger partial charge on any atom is 0.331 e. The second-order valence-electron chi connectivity index (χ2n) is 6.92. The lowest BCUT2D eigenvalue weighted by Crippen LogP contribution is -2.39. The predicted molar refractivity (Wildman–Crippen MR) is 104 cm³/mol. The van der Waals surface area contributed by atoms with E-state index in [1.54, 1.807) is 16.7 Å². The number of hydrogen-bond donors (Lipinski definition) is 0. The van der Waals surface area contributed by atoms with Crippen LogP contribution in [0.5, 0.6) is 0 Å². The molecule has 0 N–H and O–H groups in total. The maximum absolute atomic E-state index is 12.8. The van der Waals surface area contributed by atoms with Crippen molar-refractivity contribution in [3.05, 3.63) is 92.3 Å². The minimum atomic E-state index is -0.337. The van der Waals surface area contributed by atoms with Gasteiger partial charge < -0.3 is 0 Å². The van der Waals surface area contributed by atoms with Crippen LogP contribution in [-0.2, 0) is 13.6 Å². The third-order valence-corrected chi connectivity index (χ3v) is 5.12. The molecule has 5 heteroatoms. The quantitative estimate of drug-likeness (QED) is 0.721. The second kappa shape index (κ2) is 6.73. The Morgan fingerprint density at radius 1 is 1.07 bits per heavy atom. The minimum Gasteiger partial charge on any atom is -0.293 e. The number of nitriles is 1. The highest BCUT2D eigenvalue weighted by atomic mass is 16.2. The summed E-state index contributed by atoms with van der Waals surface area (Å²) in [7, 11) is 1.49. The van der Waals surface area contributed by atoms with E-state index in [-0.39, 0.29) is 23.7 Å². The summed E-state index contributed by atoms with van der Waals surface area (Å²) in [5, 5.41) is 9.63. The molecule has 0 spiro atoms. The van der Waals surface area contributed by atoms with Crippen molar-refractivity contribution in [2.45, 2.75) is 25.3 Å². The van der Waals surface area contributed by atoms with Crippen LogP contribution in [0.2, 0.25) is 0 Å². The molecule has 27 heavy (non-hydrogen) atoms. The van der Waals surface area contributed by atoms with Crippen molar-refractivity contribution in [1.82, 2.24) is 9.13 Å². The number of aromatic nitrogens is 2. The van der Waals surface area contributed by atoms with E-state index in [0.29, 0.717) is 5.56 Å². The molecule has 134 valence electrons. The SMILES string of the molecule is Cn1c(=O)cc(C2CC2)n(Cc2c(C#N)cccc2-c2ccccc2)c1=O. The molecule has 1 aliphatic carbocycles. The maximum atomic E-state index is 12.8. The van der Waals surface area contributed by atoms with Gasteiger partial charge in [0.15, 0.2) is 0 Å². The van der Waals surface area contributed by atoms with Crippen LogP contribution in [0.25, 0.3) is 11.1 Å². The predicted octanol–water partition coefficient (Wildman–Crippen LogP) is 3.01. The highest BCUT2D eigenvalue weighted by Crippen LogP contribution is 2.39. The van der Waals surface area contributed by atoms with Crippen molar-refractivity contribution < 1.29 is 0 Å². The molecule has 0 amide bonds. The molecule has 1 fully saturated rings. The van der Waals surface area contributed by atoms with Crippen molar-refractivity contribution in [2.75, 3.05) is 0 Å². The lowest BCUT2D eigenvalue weighted by molar-refractivity contribution is 0.612. The molecular weight excluding hydrogens is 338 g/mol. The van der Waals surface area contributed by atoms with Gasteiger partial charge >= 0.3 is 5.69 Å². The molecular formula is C22H19N3O2. The first-order valence-electron chi connectivity index (χ1n) is 8.98. The van der Waals surface area contributed by atoms with Gasteiger partial charge in [-0.1, -0.05) is 42.5 Å². The van der Waals surface area contributed by atoms with Crippen LogP contribution in [0.4, 0.5) is 0 Å². The zero-order valence-corrected chi connectivity index (χ0v) is 15.1. The van der Waals surface area contributed by atoms with E-state index in [1.165, 1.54) is 7.05 Å². The van der Waals surface area contributed by atoms with E-state index in [0.717, 1.165) is 39.8 Å². The summed E-state index contributed by atoms with van der Waals surface area (Å²) in [6, 6.07) is 19.2. The van der Waals surface area contributed by atoms with E-state index < -0.39 is 0 Å². The minimum absolute atomic E-state index is 0.251. The zero-order chi connectivity index (χ0) is 19.0. The van der Waals surface area contributed by atoms with Crippen LogP contribution in [0.3, 0.4) is 0 Å². The van der Waals surface area contributed by atoms with Gasteiger partial charge in [-0.25, -0.2) is 4.79 Å². The molecule has 3 aromatic rings. The van der Waals surface area contributed by atoms with Gasteiger partial charge in [0, 0.05) is 18.8 Å². The molecule has 2 aromatic carbocycles. The number of nitrogens with zero attached hydrogens (tertiary/aromatic N) is 3. The normalized spacial score (nSPS) is 13.3. The third kappa shape index (κ3) is 3.11. The zero-order valence-electron chi connectivity index (χ0n) is 15.1. The molecule has 0 atom stereocenters. The van der Waals surface area contributed by atoms with E-state index in [4.69, 9.17) is 0 Å². The van der Waals surface area contributed by atoms with Gasteiger partial charge in [-0.05, 0) is 41.5 Å². The summed E-state index contributed by atoms with van der Waals surface area (Å²) in [6.07, 6.45) is 1.97. The van der Waals surface area contributed by atoms with Crippen LogP contribution in [0.1, 0.15) is 35.6 Å². The first-order chi connectivity index (χ1) is 13.1. The fraction of sp³-hybridized carbons (Fsp3) is 0.227. The van der Waals surface area contributed by atoms with Gasteiger partial charge in [0.05, 0.1) is 18.2 Å². The summed E-state index contributed by atoms with van der Waals surface area (Å²) in [5.41, 5.74) is 3.42. The highest BCUT2D eigenvalue weighted by molar-refractivity contribution is 5.70. The molecule has 0 unspecified atom stereocenters.